The first kappa shape index (κ1) is 7.86. The second kappa shape index (κ2) is 2.94. The first-order chi connectivity index (χ1) is 6.33. The van der Waals surface area contributed by atoms with E-state index in [-0.39, 0.29) is 5.97 Å². The van der Waals surface area contributed by atoms with Crippen LogP contribution >= 0.6 is 0 Å². The lowest BCUT2D eigenvalue weighted by atomic mass is 10.2. The zero-order chi connectivity index (χ0) is 9.26. The van der Waals surface area contributed by atoms with Crippen molar-refractivity contribution in [3.8, 4) is 0 Å². The van der Waals surface area contributed by atoms with Crippen LogP contribution in [0.5, 0.6) is 0 Å². The van der Waals surface area contributed by atoms with Gasteiger partial charge in [-0.1, -0.05) is 24.3 Å². The highest BCUT2D eigenvalue weighted by molar-refractivity contribution is 6.03. The van der Waals surface area contributed by atoms with E-state index in [4.69, 9.17) is 0 Å². The van der Waals surface area contributed by atoms with Gasteiger partial charge in [0.15, 0.2) is 0 Å². The van der Waals surface area contributed by atoms with Gasteiger partial charge in [0.1, 0.15) is 5.69 Å². The Hall–Kier alpha value is -1.77. The molecule has 0 saturated carbocycles. The minimum atomic E-state index is -0.332. The van der Waals surface area contributed by atoms with Gasteiger partial charge in [0.25, 0.3) is 0 Å². The van der Waals surface area contributed by atoms with Crippen LogP contribution in [0.4, 0.5) is 0 Å². The van der Waals surface area contributed by atoms with Crippen molar-refractivity contribution in [2.24, 2.45) is 0 Å². The molecule has 0 aliphatic rings. The minimum Gasteiger partial charge on any atom is -0.464 e. The SMILES string of the molecule is COC(=O)c1[nH]cc2ccccc12. The van der Waals surface area contributed by atoms with Gasteiger partial charge in [0.05, 0.1) is 7.11 Å². The Balaban J connectivity index is 2.64. The highest BCUT2D eigenvalue weighted by Gasteiger charge is 2.10. The van der Waals surface area contributed by atoms with E-state index in [1.54, 1.807) is 6.20 Å². The molecule has 1 N–H and O–H groups in total. The van der Waals surface area contributed by atoms with Crippen LogP contribution in [0.15, 0.2) is 30.5 Å². The Labute approximate surface area is 75.3 Å². The van der Waals surface area contributed by atoms with Crippen molar-refractivity contribution < 1.29 is 9.53 Å². The van der Waals surface area contributed by atoms with Gasteiger partial charge in [-0.25, -0.2) is 4.79 Å². The van der Waals surface area contributed by atoms with Gasteiger partial charge in [-0.3, -0.25) is 0 Å². The van der Waals surface area contributed by atoms with Crippen molar-refractivity contribution in [2.75, 3.05) is 7.11 Å². The lowest BCUT2D eigenvalue weighted by Crippen LogP contribution is -2.01. The molecule has 0 aliphatic carbocycles. The van der Waals surface area contributed by atoms with Crippen molar-refractivity contribution in [2.45, 2.75) is 0 Å². The molecule has 1 aromatic heterocycles. The van der Waals surface area contributed by atoms with E-state index in [1.807, 2.05) is 24.3 Å². The molecule has 0 saturated heterocycles. The third-order valence-electron chi connectivity index (χ3n) is 1.99. The van der Waals surface area contributed by atoms with Gasteiger partial charge < -0.3 is 9.72 Å². The van der Waals surface area contributed by atoms with Crippen molar-refractivity contribution in [3.05, 3.63) is 36.2 Å². The summed E-state index contributed by atoms with van der Waals surface area (Å²) in [7, 11) is 1.37. The molecule has 0 bridgehead atoms. The fraction of sp³-hybridized carbons (Fsp3) is 0.100. The zero-order valence-corrected chi connectivity index (χ0v) is 7.20. The normalized spacial score (nSPS) is 10.2. The van der Waals surface area contributed by atoms with Crippen LogP contribution in [-0.2, 0) is 4.74 Å². The number of aromatic nitrogens is 1. The summed E-state index contributed by atoms with van der Waals surface area (Å²) in [6.07, 6.45) is 1.79. The molecule has 66 valence electrons. The lowest BCUT2D eigenvalue weighted by Gasteiger charge is -1.95. The molecule has 2 aromatic rings. The molecule has 3 heteroatoms. The monoisotopic (exact) mass is 175 g/mol. The fourth-order valence-electron chi connectivity index (χ4n) is 1.35. The zero-order valence-electron chi connectivity index (χ0n) is 7.20. The molecular formula is C10H9NO2. The highest BCUT2D eigenvalue weighted by Crippen LogP contribution is 2.17. The van der Waals surface area contributed by atoms with Crippen LogP contribution in [0.25, 0.3) is 10.8 Å². The van der Waals surface area contributed by atoms with Crippen LogP contribution in [0, 0.1) is 0 Å². The largest absolute Gasteiger partial charge is 0.464 e. The van der Waals surface area contributed by atoms with E-state index in [2.05, 4.69) is 9.72 Å². The molecule has 13 heavy (non-hydrogen) atoms. The number of benzene rings is 1. The number of methoxy groups -OCH3 is 1. The summed E-state index contributed by atoms with van der Waals surface area (Å²) >= 11 is 0. The summed E-state index contributed by atoms with van der Waals surface area (Å²) < 4.78 is 4.63. The first-order valence-electron chi connectivity index (χ1n) is 3.97. The standard InChI is InChI=1S/C10H9NO2/c1-13-10(12)9-8-5-3-2-4-7(8)6-11-9/h2-6,11H,1H3. The average molecular weight is 175 g/mol. The molecule has 0 fully saturated rings. The van der Waals surface area contributed by atoms with E-state index >= 15 is 0 Å². The number of nitrogens with one attached hydrogen (secondary N) is 1. The molecule has 0 aliphatic heterocycles. The molecule has 0 spiro atoms. The van der Waals surface area contributed by atoms with E-state index in [0.29, 0.717) is 5.69 Å². The number of H-pyrrole nitrogens is 1. The Morgan fingerprint density at radius 2 is 2.15 bits per heavy atom. The van der Waals surface area contributed by atoms with Crippen LogP contribution in [0.2, 0.25) is 0 Å². The summed E-state index contributed by atoms with van der Waals surface area (Å²) in [5, 5.41) is 1.91. The quantitative estimate of drug-likeness (QED) is 0.673. The first-order valence-corrected chi connectivity index (χ1v) is 3.97. The molecule has 0 radical (unpaired) electrons. The number of hydrogen-bond acceptors (Lipinski definition) is 2. The van der Waals surface area contributed by atoms with Gasteiger partial charge in [0.2, 0.25) is 0 Å². The molecular weight excluding hydrogens is 166 g/mol. The Kier molecular flexibility index (Phi) is 1.77. The topological polar surface area (TPSA) is 42.1 Å². The van der Waals surface area contributed by atoms with E-state index in [1.165, 1.54) is 7.11 Å². The van der Waals surface area contributed by atoms with Crippen molar-refractivity contribution >= 4 is 16.7 Å². The summed E-state index contributed by atoms with van der Waals surface area (Å²) in [4.78, 5) is 14.1. The smallest absolute Gasteiger partial charge is 0.355 e. The van der Waals surface area contributed by atoms with Crippen LogP contribution in [0.1, 0.15) is 10.5 Å². The van der Waals surface area contributed by atoms with Gasteiger partial charge >= 0.3 is 5.97 Å². The number of carbonyl (C=O) groups is 1. The number of esters is 1. The second-order valence-corrected chi connectivity index (χ2v) is 2.74. The third kappa shape index (κ3) is 1.18. The highest BCUT2D eigenvalue weighted by atomic mass is 16.5. The second-order valence-electron chi connectivity index (χ2n) is 2.74. The van der Waals surface area contributed by atoms with Crippen LogP contribution in [0.3, 0.4) is 0 Å². The van der Waals surface area contributed by atoms with E-state index in [9.17, 15) is 4.79 Å². The van der Waals surface area contributed by atoms with Gasteiger partial charge in [0, 0.05) is 17.0 Å². The number of rotatable bonds is 1. The number of hydrogen-bond donors (Lipinski definition) is 1. The van der Waals surface area contributed by atoms with Crippen LogP contribution in [-0.4, -0.2) is 18.1 Å². The molecule has 0 atom stereocenters. The minimum absolute atomic E-state index is 0.332. The van der Waals surface area contributed by atoms with E-state index < -0.39 is 0 Å². The third-order valence-corrected chi connectivity index (χ3v) is 1.99. The number of carbonyl (C=O) groups excluding carboxylic acids is 1. The molecule has 2 rings (SSSR count). The maximum Gasteiger partial charge on any atom is 0.355 e. The predicted octanol–water partition coefficient (Wildman–Crippen LogP) is 1.95. The van der Waals surface area contributed by atoms with E-state index in [0.717, 1.165) is 10.8 Å². The molecule has 0 unspecified atom stereocenters. The van der Waals surface area contributed by atoms with Crippen molar-refractivity contribution in [1.29, 1.82) is 0 Å². The average Bonchev–Trinajstić information content (AvgIpc) is 2.60. The maximum atomic E-state index is 11.2. The lowest BCUT2D eigenvalue weighted by molar-refractivity contribution is 0.0597. The van der Waals surface area contributed by atoms with Gasteiger partial charge in [-0.2, -0.15) is 0 Å². The van der Waals surface area contributed by atoms with Crippen LogP contribution < -0.4 is 0 Å². The van der Waals surface area contributed by atoms with Gasteiger partial charge in [-0.05, 0) is 0 Å². The molecule has 0 amide bonds. The Morgan fingerprint density at radius 1 is 1.38 bits per heavy atom. The number of fused-ring (bicyclic) bond motifs is 1. The van der Waals surface area contributed by atoms with Crippen molar-refractivity contribution in [1.82, 2.24) is 4.98 Å². The van der Waals surface area contributed by atoms with Crippen molar-refractivity contribution in [3.63, 3.8) is 0 Å². The summed E-state index contributed by atoms with van der Waals surface area (Å²) in [5.74, 6) is -0.332. The fourth-order valence-corrected chi connectivity index (χ4v) is 1.35. The summed E-state index contributed by atoms with van der Waals surface area (Å²) in [6.45, 7) is 0. The maximum absolute atomic E-state index is 11.2. The predicted molar refractivity (Wildman–Crippen MR) is 49.6 cm³/mol. The number of ether oxygens (including phenoxy) is 1. The summed E-state index contributed by atoms with van der Waals surface area (Å²) in [6, 6.07) is 7.65. The summed E-state index contributed by atoms with van der Waals surface area (Å²) in [5.41, 5.74) is 0.512. The Bertz CT molecular complexity index is 445. The van der Waals surface area contributed by atoms with Gasteiger partial charge in [-0.15, -0.1) is 0 Å². The molecule has 1 heterocycles. The molecule has 1 aromatic carbocycles. The molecule has 3 nitrogen and oxygen atoms in total. The number of aromatic amines is 1. The Morgan fingerprint density at radius 3 is 2.92 bits per heavy atom.